The molecule has 6 heteroatoms. The van der Waals surface area contributed by atoms with Crippen LogP contribution in [0.15, 0.2) is 22.7 Å². The fraction of sp³-hybridized carbons (Fsp3) is 0.167. The number of halogens is 2. The Balaban J connectivity index is 2.73. The van der Waals surface area contributed by atoms with Gasteiger partial charge in [-0.1, -0.05) is 11.6 Å². The zero-order chi connectivity index (χ0) is 13.4. The Hall–Kier alpha value is -1.33. The SMILES string of the molecule is Cc1nn(-c2cc(Cl)ccc2C(N)=O)c(C)c1Br. The van der Waals surface area contributed by atoms with Crippen LogP contribution in [-0.4, -0.2) is 15.7 Å². The summed E-state index contributed by atoms with van der Waals surface area (Å²) in [4.78, 5) is 11.4. The molecule has 0 unspecified atom stereocenters. The Labute approximate surface area is 118 Å². The second kappa shape index (κ2) is 4.74. The van der Waals surface area contributed by atoms with Gasteiger partial charge in [0.25, 0.3) is 5.91 Å². The Bertz CT molecular complexity index is 636. The first-order valence-electron chi connectivity index (χ1n) is 5.23. The maximum absolute atomic E-state index is 11.4. The number of carbonyl (C=O) groups excluding carboxylic acids is 1. The van der Waals surface area contributed by atoms with Gasteiger partial charge >= 0.3 is 0 Å². The van der Waals surface area contributed by atoms with Gasteiger partial charge in [0.05, 0.1) is 27.1 Å². The summed E-state index contributed by atoms with van der Waals surface area (Å²) in [6.07, 6.45) is 0. The van der Waals surface area contributed by atoms with E-state index in [1.165, 1.54) is 0 Å². The number of hydrogen-bond acceptors (Lipinski definition) is 2. The van der Waals surface area contributed by atoms with Crippen molar-refractivity contribution in [3.05, 3.63) is 44.6 Å². The molecule has 0 fully saturated rings. The van der Waals surface area contributed by atoms with Gasteiger partial charge < -0.3 is 5.73 Å². The Kier molecular flexibility index (Phi) is 3.45. The number of rotatable bonds is 2. The summed E-state index contributed by atoms with van der Waals surface area (Å²) in [5, 5.41) is 4.89. The van der Waals surface area contributed by atoms with Crippen molar-refractivity contribution in [2.75, 3.05) is 0 Å². The lowest BCUT2D eigenvalue weighted by Crippen LogP contribution is -2.15. The number of benzene rings is 1. The molecule has 0 aliphatic rings. The van der Waals surface area contributed by atoms with E-state index in [-0.39, 0.29) is 0 Å². The molecular formula is C12H11BrClN3O. The predicted molar refractivity (Wildman–Crippen MR) is 74.3 cm³/mol. The summed E-state index contributed by atoms with van der Waals surface area (Å²) in [7, 11) is 0. The second-order valence-electron chi connectivity index (χ2n) is 3.92. The lowest BCUT2D eigenvalue weighted by atomic mass is 10.1. The van der Waals surface area contributed by atoms with Crippen LogP contribution in [0.25, 0.3) is 5.69 Å². The molecular weight excluding hydrogens is 318 g/mol. The first kappa shape index (κ1) is 13.1. The van der Waals surface area contributed by atoms with Crippen molar-refractivity contribution < 1.29 is 4.79 Å². The van der Waals surface area contributed by atoms with E-state index in [4.69, 9.17) is 17.3 Å². The molecule has 2 rings (SSSR count). The molecule has 94 valence electrons. The topological polar surface area (TPSA) is 60.9 Å². The van der Waals surface area contributed by atoms with Gasteiger partial charge in [-0.3, -0.25) is 4.79 Å². The number of carbonyl (C=O) groups is 1. The lowest BCUT2D eigenvalue weighted by Gasteiger charge is -2.09. The third-order valence-electron chi connectivity index (χ3n) is 2.66. The number of aryl methyl sites for hydroxylation is 1. The maximum atomic E-state index is 11.4. The summed E-state index contributed by atoms with van der Waals surface area (Å²) in [6.45, 7) is 3.78. The average Bonchev–Trinajstić information content (AvgIpc) is 2.56. The second-order valence-corrected chi connectivity index (χ2v) is 5.15. The third kappa shape index (κ3) is 2.15. The van der Waals surface area contributed by atoms with Crippen LogP contribution in [0.1, 0.15) is 21.7 Å². The van der Waals surface area contributed by atoms with Crippen molar-refractivity contribution >= 4 is 33.4 Å². The summed E-state index contributed by atoms with van der Waals surface area (Å²) < 4.78 is 2.56. The van der Waals surface area contributed by atoms with Crippen LogP contribution in [-0.2, 0) is 0 Å². The van der Waals surface area contributed by atoms with Crippen molar-refractivity contribution in [3.8, 4) is 5.69 Å². The van der Waals surface area contributed by atoms with Gasteiger partial charge in [-0.15, -0.1) is 0 Å². The van der Waals surface area contributed by atoms with E-state index in [9.17, 15) is 4.79 Å². The van der Waals surface area contributed by atoms with Gasteiger partial charge in [-0.05, 0) is 48.0 Å². The molecule has 0 radical (unpaired) electrons. The highest BCUT2D eigenvalue weighted by molar-refractivity contribution is 9.10. The summed E-state index contributed by atoms with van der Waals surface area (Å²) in [6, 6.07) is 4.91. The molecule has 0 bridgehead atoms. The number of amides is 1. The van der Waals surface area contributed by atoms with E-state index in [0.29, 0.717) is 16.3 Å². The maximum Gasteiger partial charge on any atom is 0.250 e. The predicted octanol–water partition coefficient (Wildman–Crippen LogP) is 3.00. The molecule has 0 aliphatic carbocycles. The molecule has 4 nitrogen and oxygen atoms in total. The minimum absolute atomic E-state index is 0.387. The molecule has 1 aromatic heterocycles. The monoisotopic (exact) mass is 327 g/mol. The molecule has 0 saturated carbocycles. The molecule has 1 aromatic carbocycles. The molecule has 1 heterocycles. The van der Waals surface area contributed by atoms with E-state index in [0.717, 1.165) is 15.9 Å². The van der Waals surface area contributed by atoms with Gasteiger partial charge in [0.15, 0.2) is 0 Å². The molecule has 0 aliphatic heterocycles. The quantitative estimate of drug-likeness (QED) is 0.921. The summed E-state index contributed by atoms with van der Waals surface area (Å²) in [5.41, 5.74) is 8.06. The van der Waals surface area contributed by atoms with Crippen LogP contribution in [0.3, 0.4) is 0 Å². The van der Waals surface area contributed by atoms with Gasteiger partial charge in [-0.25, -0.2) is 4.68 Å². The van der Waals surface area contributed by atoms with Crippen LogP contribution in [0.2, 0.25) is 5.02 Å². The first-order chi connectivity index (χ1) is 8.41. The zero-order valence-corrected chi connectivity index (χ0v) is 12.2. The van der Waals surface area contributed by atoms with Crippen molar-refractivity contribution in [2.45, 2.75) is 13.8 Å². The molecule has 0 spiro atoms. The van der Waals surface area contributed by atoms with Crippen LogP contribution in [0.5, 0.6) is 0 Å². The molecule has 2 N–H and O–H groups in total. The van der Waals surface area contributed by atoms with Gasteiger partial charge in [0.2, 0.25) is 0 Å². The van der Waals surface area contributed by atoms with E-state index in [2.05, 4.69) is 21.0 Å². The fourth-order valence-electron chi connectivity index (χ4n) is 1.75. The standard InChI is InChI=1S/C12H11BrClN3O/c1-6-11(13)7(2)17(16-6)10-5-8(14)3-4-9(10)12(15)18/h3-5H,1-2H3,(H2,15,18). The largest absolute Gasteiger partial charge is 0.366 e. The Morgan fingerprint density at radius 3 is 2.61 bits per heavy atom. The molecule has 18 heavy (non-hydrogen) atoms. The van der Waals surface area contributed by atoms with E-state index >= 15 is 0 Å². The Morgan fingerprint density at radius 1 is 1.44 bits per heavy atom. The number of hydrogen-bond donors (Lipinski definition) is 1. The summed E-state index contributed by atoms with van der Waals surface area (Å²) >= 11 is 9.41. The van der Waals surface area contributed by atoms with Crippen molar-refractivity contribution in [2.24, 2.45) is 5.73 Å². The smallest absolute Gasteiger partial charge is 0.250 e. The summed E-state index contributed by atoms with van der Waals surface area (Å²) in [5.74, 6) is -0.509. The normalized spacial score (nSPS) is 10.7. The van der Waals surface area contributed by atoms with Crippen LogP contribution in [0.4, 0.5) is 0 Å². The lowest BCUT2D eigenvalue weighted by molar-refractivity contribution is 0.1000. The molecule has 0 saturated heterocycles. The highest BCUT2D eigenvalue weighted by Gasteiger charge is 2.16. The first-order valence-corrected chi connectivity index (χ1v) is 6.40. The molecule has 0 atom stereocenters. The molecule has 1 amide bonds. The van der Waals surface area contributed by atoms with Crippen molar-refractivity contribution in [3.63, 3.8) is 0 Å². The Morgan fingerprint density at radius 2 is 2.11 bits per heavy atom. The van der Waals surface area contributed by atoms with Crippen LogP contribution >= 0.6 is 27.5 Å². The van der Waals surface area contributed by atoms with Crippen molar-refractivity contribution in [1.82, 2.24) is 9.78 Å². The van der Waals surface area contributed by atoms with Gasteiger partial charge in [0.1, 0.15) is 0 Å². The van der Waals surface area contributed by atoms with E-state index in [1.807, 2.05) is 13.8 Å². The fourth-order valence-corrected chi connectivity index (χ4v) is 2.16. The number of nitrogens with two attached hydrogens (primary N) is 1. The van der Waals surface area contributed by atoms with Gasteiger partial charge in [-0.2, -0.15) is 5.10 Å². The van der Waals surface area contributed by atoms with Crippen LogP contribution in [0, 0.1) is 13.8 Å². The van der Waals surface area contributed by atoms with E-state index < -0.39 is 5.91 Å². The van der Waals surface area contributed by atoms with Crippen LogP contribution < -0.4 is 5.73 Å². The number of nitrogens with zero attached hydrogens (tertiary/aromatic N) is 2. The number of primary amides is 1. The zero-order valence-electron chi connectivity index (χ0n) is 9.87. The third-order valence-corrected chi connectivity index (χ3v) is 4.04. The van der Waals surface area contributed by atoms with Crippen molar-refractivity contribution in [1.29, 1.82) is 0 Å². The number of aromatic nitrogens is 2. The highest BCUT2D eigenvalue weighted by Crippen LogP contribution is 2.26. The van der Waals surface area contributed by atoms with Gasteiger partial charge in [0, 0.05) is 5.02 Å². The average molecular weight is 329 g/mol. The van der Waals surface area contributed by atoms with E-state index in [1.54, 1.807) is 22.9 Å². The minimum atomic E-state index is -0.509. The highest BCUT2D eigenvalue weighted by atomic mass is 79.9. The molecule has 2 aromatic rings. The minimum Gasteiger partial charge on any atom is -0.366 e.